The third kappa shape index (κ3) is 5.43. The maximum atomic E-state index is 13.7. The molecule has 1 heterocycles. The molecule has 0 spiro atoms. The van der Waals surface area contributed by atoms with Crippen LogP contribution < -0.4 is 10.6 Å². The van der Waals surface area contributed by atoms with Crippen LogP contribution in [-0.2, 0) is 22.4 Å². The van der Waals surface area contributed by atoms with Crippen LogP contribution >= 0.6 is 11.3 Å². The molecule has 144 valence electrons. The number of nitrogens with one attached hydrogen (secondary N) is 2. The van der Waals surface area contributed by atoms with Gasteiger partial charge >= 0.3 is 0 Å². The van der Waals surface area contributed by atoms with Gasteiger partial charge < -0.3 is 10.6 Å². The molecule has 8 heteroatoms. The van der Waals surface area contributed by atoms with E-state index in [2.05, 4.69) is 15.6 Å². The van der Waals surface area contributed by atoms with Gasteiger partial charge in [-0.1, -0.05) is 18.2 Å². The van der Waals surface area contributed by atoms with E-state index in [1.54, 1.807) is 30.5 Å². The number of hydrogen-bond donors (Lipinski definition) is 2. The Kier molecular flexibility index (Phi) is 6.10. The summed E-state index contributed by atoms with van der Waals surface area (Å²) in [5.41, 5.74) is 1.81. The second-order valence-electron chi connectivity index (χ2n) is 6.15. The lowest BCUT2D eigenvalue weighted by molar-refractivity contribution is -0.116. The lowest BCUT2D eigenvalue weighted by atomic mass is 10.1. The zero-order valence-corrected chi connectivity index (χ0v) is 15.8. The molecule has 0 saturated carbocycles. The summed E-state index contributed by atoms with van der Waals surface area (Å²) >= 11 is 1.24. The van der Waals surface area contributed by atoms with Gasteiger partial charge in [-0.2, -0.15) is 0 Å². The summed E-state index contributed by atoms with van der Waals surface area (Å²) in [6.45, 7) is 1.42. The molecular weight excluding hydrogens is 384 g/mol. The molecule has 0 radical (unpaired) electrons. The number of nitrogens with zero attached hydrogens (tertiary/aromatic N) is 1. The highest BCUT2D eigenvalue weighted by atomic mass is 32.1. The van der Waals surface area contributed by atoms with Crippen molar-refractivity contribution in [2.24, 2.45) is 0 Å². The summed E-state index contributed by atoms with van der Waals surface area (Å²) in [6, 6.07) is 10.4. The Bertz CT molecular complexity index is 1000. The van der Waals surface area contributed by atoms with E-state index < -0.39 is 11.6 Å². The predicted octanol–water partition coefficient (Wildman–Crippen LogP) is 4.15. The number of carbonyl (C=O) groups excluding carboxylic acids is 2. The smallest absolute Gasteiger partial charge is 0.230 e. The molecule has 0 aliphatic heterocycles. The van der Waals surface area contributed by atoms with Gasteiger partial charge in [0.25, 0.3) is 0 Å². The van der Waals surface area contributed by atoms with E-state index in [1.807, 2.05) is 0 Å². The second-order valence-corrected chi connectivity index (χ2v) is 7.26. The van der Waals surface area contributed by atoms with Gasteiger partial charge in [0.1, 0.15) is 11.6 Å². The van der Waals surface area contributed by atoms with Crippen LogP contribution in [0.4, 0.5) is 19.6 Å². The number of thiazole rings is 1. The minimum absolute atomic E-state index is 0.155. The standard InChI is InChI=1S/C20H17F2N3O2S/c1-12(26)24-16-6-2-13(3-7-16)8-19(27)25-20-23-11-17(28-20)9-14-4-5-15(21)10-18(14)22/h2-7,10-11H,8-9H2,1H3,(H,24,26)(H,23,25,27). The molecule has 3 rings (SSSR count). The van der Waals surface area contributed by atoms with Crippen molar-refractivity contribution in [2.45, 2.75) is 19.8 Å². The van der Waals surface area contributed by atoms with E-state index in [4.69, 9.17) is 0 Å². The average molecular weight is 401 g/mol. The highest BCUT2D eigenvalue weighted by molar-refractivity contribution is 7.15. The average Bonchev–Trinajstić information content (AvgIpc) is 3.05. The van der Waals surface area contributed by atoms with Crippen LogP contribution in [0.3, 0.4) is 0 Å². The Morgan fingerprint density at radius 1 is 1.07 bits per heavy atom. The number of carbonyl (C=O) groups is 2. The van der Waals surface area contributed by atoms with E-state index in [0.717, 1.165) is 16.5 Å². The Hall–Kier alpha value is -3.13. The van der Waals surface area contributed by atoms with Gasteiger partial charge in [0.2, 0.25) is 11.8 Å². The highest BCUT2D eigenvalue weighted by Gasteiger charge is 2.11. The Morgan fingerprint density at radius 3 is 2.50 bits per heavy atom. The van der Waals surface area contributed by atoms with Crippen LogP contribution in [0, 0.1) is 11.6 Å². The molecule has 0 saturated heterocycles. The van der Waals surface area contributed by atoms with Gasteiger partial charge in [-0.15, -0.1) is 11.3 Å². The zero-order chi connectivity index (χ0) is 20.1. The van der Waals surface area contributed by atoms with Crippen molar-refractivity contribution in [2.75, 3.05) is 10.6 Å². The summed E-state index contributed by atoms with van der Waals surface area (Å²) in [7, 11) is 0. The first-order valence-electron chi connectivity index (χ1n) is 8.44. The molecule has 2 N–H and O–H groups in total. The number of hydrogen-bond acceptors (Lipinski definition) is 4. The SMILES string of the molecule is CC(=O)Nc1ccc(CC(=O)Nc2ncc(Cc3ccc(F)cc3F)s2)cc1. The van der Waals surface area contributed by atoms with Crippen molar-refractivity contribution < 1.29 is 18.4 Å². The van der Waals surface area contributed by atoms with Crippen LogP contribution in [0.5, 0.6) is 0 Å². The van der Waals surface area contributed by atoms with Gasteiger partial charge in [-0.3, -0.25) is 9.59 Å². The summed E-state index contributed by atoms with van der Waals surface area (Å²) in [4.78, 5) is 28.1. The maximum Gasteiger partial charge on any atom is 0.230 e. The minimum atomic E-state index is -0.622. The normalized spacial score (nSPS) is 10.5. The fourth-order valence-corrected chi connectivity index (χ4v) is 3.41. The summed E-state index contributed by atoms with van der Waals surface area (Å²) in [5, 5.41) is 5.79. The second kappa shape index (κ2) is 8.71. The van der Waals surface area contributed by atoms with E-state index >= 15 is 0 Å². The van der Waals surface area contributed by atoms with Crippen molar-refractivity contribution in [1.29, 1.82) is 0 Å². The molecule has 28 heavy (non-hydrogen) atoms. The lowest BCUT2D eigenvalue weighted by Gasteiger charge is -2.05. The van der Waals surface area contributed by atoms with Gasteiger partial charge in [0.15, 0.2) is 5.13 Å². The van der Waals surface area contributed by atoms with Crippen LogP contribution in [0.1, 0.15) is 22.9 Å². The molecule has 0 aliphatic carbocycles. The topological polar surface area (TPSA) is 71.1 Å². The van der Waals surface area contributed by atoms with Crippen molar-refractivity contribution >= 4 is 34.0 Å². The van der Waals surface area contributed by atoms with Crippen molar-refractivity contribution in [3.05, 3.63) is 76.3 Å². The number of anilines is 2. The molecule has 2 aromatic carbocycles. The van der Waals surface area contributed by atoms with E-state index in [9.17, 15) is 18.4 Å². The quantitative estimate of drug-likeness (QED) is 0.652. The van der Waals surface area contributed by atoms with Gasteiger partial charge in [-0.05, 0) is 29.3 Å². The summed E-state index contributed by atoms with van der Waals surface area (Å²) in [6.07, 6.45) is 1.98. The first-order chi connectivity index (χ1) is 13.4. The number of rotatable bonds is 6. The monoisotopic (exact) mass is 401 g/mol. The molecule has 2 amide bonds. The largest absolute Gasteiger partial charge is 0.326 e. The van der Waals surface area contributed by atoms with Gasteiger partial charge in [0.05, 0.1) is 6.42 Å². The summed E-state index contributed by atoms with van der Waals surface area (Å²) < 4.78 is 26.7. The summed E-state index contributed by atoms with van der Waals surface area (Å²) in [5.74, 6) is -1.63. The van der Waals surface area contributed by atoms with Crippen LogP contribution in [0.2, 0.25) is 0 Å². The number of halogens is 2. The van der Waals surface area contributed by atoms with E-state index in [0.29, 0.717) is 16.4 Å². The molecule has 0 bridgehead atoms. The Balaban J connectivity index is 1.57. The van der Waals surface area contributed by atoms with Gasteiger partial charge in [-0.25, -0.2) is 13.8 Å². The lowest BCUT2D eigenvalue weighted by Crippen LogP contribution is -2.14. The Morgan fingerprint density at radius 2 is 1.82 bits per heavy atom. The van der Waals surface area contributed by atoms with E-state index in [-0.39, 0.29) is 24.7 Å². The van der Waals surface area contributed by atoms with Crippen LogP contribution in [0.25, 0.3) is 0 Å². The maximum absolute atomic E-state index is 13.7. The molecular formula is C20H17F2N3O2S. The van der Waals surface area contributed by atoms with E-state index in [1.165, 1.54) is 30.4 Å². The molecule has 0 unspecified atom stereocenters. The highest BCUT2D eigenvalue weighted by Crippen LogP contribution is 2.23. The molecule has 5 nitrogen and oxygen atoms in total. The molecule has 0 aliphatic rings. The number of benzene rings is 2. The molecule has 0 fully saturated rings. The fraction of sp³-hybridized carbons (Fsp3) is 0.150. The first-order valence-corrected chi connectivity index (χ1v) is 9.26. The number of aromatic nitrogens is 1. The predicted molar refractivity (Wildman–Crippen MR) is 104 cm³/mol. The molecule has 1 aromatic heterocycles. The zero-order valence-electron chi connectivity index (χ0n) is 15.0. The Labute approximate surface area is 164 Å². The molecule has 3 aromatic rings. The fourth-order valence-electron chi connectivity index (χ4n) is 2.56. The van der Waals surface area contributed by atoms with Crippen molar-refractivity contribution in [1.82, 2.24) is 4.98 Å². The van der Waals surface area contributed by atoms with Gasteiger partial charge in [0, 0.05) is 36.2 Å². The van der Waals surface area contributed by atoms with Crippen molar-refractivity contribution in [3.63, 3.8) is 0 Å². The number of amides is 2. The van der Waals surface area contributed by atoms with Crippen LogP contribution in [0.15, 0.2) is 48.7 Å². The third-order valence-electron chi connectivity index (χ3n) is 3.82. The molecule has 0 atom stereocenters. The first kappa shape index (κ1) is 19.6. The van der Waals surface area contributed by atoms with Crippen molar-refractivity contribution in [3.8, 4) is 0 Å². The third-order valence-corrected chi connectivity index (χ3v) is 4.73. The minimum Gasteiger partial charge on any atom is -0.326 e. The van der Waals surface area contributed by atoms with Crippen LogP contribution in [-0.4, -0.2) is 16.8 Å².